The molecule has 0 spiro atoms. The molecule has 1 heteroatoms. The van der Waals surface area contributed by atoms with Crippen LogP contribution in [0.1, 0.15) is 33.1 Å². The van der Waals surface area contributed by atoms with Crippen molar-refractivity contribution in [3.63, 3.8) is 0 Å². The third kappa shape index (κ3) is 2.54. The molecule has 0 radical (unpaired) electrons. The maximum Gasteiger partial charge on any atom is 0 e. The smallest absolute Gasteiger partial charge is 0 e. The van der Waals surface area contributed by atoms with Gasteiger partial charge in [0.25, 0.3) is 0 Å². The summed E-state index contributed by atoms with van der Waals surface area (Å²) in [6, 6.07) is 0. The van der Waals surface area contributed by atoms with E-state index in [0.717, 1.165) is 12.8 Å². The second-order valence-corrected chi connectivity index (χ2v) is 2.37. The molecule has 0 bridgehead atoms. The zero-order valence-electron chi connectivity index (χ0n) is 6.70. The van der Waals surface area contributed by atoms with Gasteiger partial charge >= 0.3 is 0 Å². The van der Waals surface area contributed by atoms with Crippen LogP contribution in [-0.4, -0.2) is 0 Å². The quantitative estimate of drug-likeness (QED) is 0.618. The Kier molecular flexibility index (Phi) is 5.26. The topological polar surface area (TPSA) is 0 Å². The molecule has 0 aromatic rings. The van der Waals surface area contributed by atoms with E-state index in [1.54, 1.807) is 0 Å². The molecule has 1 aliphatic carbocycles. The van der Waals surface area contributed by atoms with Crippen molar-refractivity contribution in [3.8, 4) is 0 Å². The standard InChI is InChI=1S/C9H13.Zr/c1-3-8-5-6-9(4-2)7-8;/h5H,3-4,6H2,1-2H3;/q-1;. The molecule has 0 heterocycles. The fourth-order valence-electron chi connectivity index (χ4n) is 1.04. The van der Waals surface area contributed by atoms with Gasteiger partial charge in [-0.3, -0.25) is 0 Å². The van der Waals surface area contributed by atoms with E-state index in [-0.39, 0.29) is 26.2 Å². The van der Waals surface area contributed by atoms with E-state index in [1.807, 2.05) is 0 Å². The molecule has 0 N–H and O–H groups in total. The van der Waals surface area contributed by atoms with Crippen LogP contribution in [0.3, 0.4) is 0 Å². The monoisotopic (exact) mass is 211 g/mol. The van der Waals surface area contributed by atoms with E-state index in [4.69, 9.17) is 0 Å². The SMILES string of the molecule is CCC1=[C-]C(CC)=CC1.[Zr]. The summed E-state index contributed by atoms with van der Waals surface area (Å²) in [7, 11) is 0. The first kappa shape index (κ1) is 10.4. The second kappa shape index (κ2) is 5.07. The van der Waals surface area contributed by atoms with Gasteiger partial charge in [-0.15, -0.1) is 0 Å². The van der Waals surface area contributed by atoms with E-state index in [2.05, 4.69) is 26.0 Å². The van der Waals surface area contributed by atoms with Crippen molar-refractivity contribution in [1.29, 1.82) is 0 Å². The van der Waals surface area contributed by atoms with Crippen molar-refractivity contribution in [3.05, 3.63) is 23.3 Å². The van der Waals surface area contributed by atoms with Gasteiger partial charge in [-0.1, -0.05) is 33.1 Å². The first-order valence-corrected chi connectivity index (χ1v) is 3.67. The molecule has 0 unspecified atom stereocenters. The summed E-state index contributed by atoms with van der Waals surface area (Å²) in [6.45, 7) is 4.37. The van der Waals surface area contributed by atoms with Gasteiger partial charge in [-0.25, -0.2) is 17.7 Å². The van der Waals surface area contributed by atoms with Crippen LogP contribution >= 0.6 is 0 Å². The van der Waals surface area contributed by atoms with E-state index < -0.39 is 0 Å². The Labute approximate surface area is 82.5 Å². The minimum atomic E-state index is 0. The molecule has 0 atom stereocenters. The van der Waals surface area contributed by atoms with Crippen LogP contribution < -0.4 is 0 Å². The normalized spacial score (nSPS) is 15.8. The predicted molar refractivity (Wildman–Crippen MR) is 40.0 cm³/mol. The van der Waals surface area contributed by atoms with Crippen molar-refractivity contribution in [2.75, 3.05) is 0 Å². The van der Waals surface area contributed by atoms with Gasteiger partial charge in [-0.2, -0.15) is 5.57 Å². The molecule has 0 saturated carbocycles. The van der Waals surface area contributed by atoms with E-state index in [9.17, 15) is 0 Å². The van der Waals surface area contributed by atoms with Gasteiger partial charge in [0.1, 0.15) is 0 Å². The zero-order chi connectivity index (χ0) is 6.69. The van der Waals surface area contributed by atoms with Gasteiger partial charge < -0.3 is 0 Å². The average molecular weight is 212 g/mol. The molecule has 0 aromatic carbocycles. The van der Waals surface area contributed by atoms with Crippen LogP contribution in [0.5, 0.6) is 0 Å². The minimum Gasteiger partial charge on any atom is -0.250 e. The molecule has 0 aromatic heterocycles. The van der Waals surface area contributed by atoms with E-state index >= 15 is 0 Å². The summed E-state index contributed by atoms with van der Waals surface area (Å²) in [5, 5.41) is 0. The number of hydrogen-bond acceptors (Lipinski definition) is 0. The maximum atomic E-state index is 3.37. The van der Waals surface area contributed by atoms with E-state index in [1.165, 1.54) is 17.6 Å². The van der Waals surface area contributed by atoms with Crippen LogP contribution in [-0.2, 0) is 26.2 Å². The average Bonchev–Trinajstić information content (AvgIpc) is 2.34. The van der Waals surface area contributed by atoms with Crippen LogP contribution in [0.4, 0.5) is 0 Å². The number of hydrogen-bond donors (Lipinski definition) is 0. The first-order chi connectivity index (χ1) is 4.36. The molecule has 1 aliphatic rings. The van der Waals surface area contributed by atoms with Crippen LogP contribution in [0.15, 0.2) is 17.2 Å². The van der Waals surface area contributed by atoms with Crippen molar-refractivity contribution in [2.45, 2.75) is 33.1 Å². The number of allylic oxidation sites excluding steroid dienone is 4. The van der Waals surface area contributed by atoms with Crippen LogP contribution in [0.25, 0.3) is 0 Å². The van der Waals surface area contributed by atoms with Gasteiger partial charge in [0, 0.05) is 26.2 Å². The molecule has 0 aliphatic heterocycles. The summed E-state index contributed by atoms with van der Waals surface area (Å²) in [5.41, 5.74) is 2.86. The Balaban J connectivity index is 0.000000810. The van der Waals surface area contributed by atoms with Crippen molar-refractivity contribution in [1.82, 2.24) is 0 Å². The molecule has 0 nitrogen and oxygen atoms in total. The zero-order valence-corrected chi connectivity index (χ0v) is 9.16. The minimum absolute atomic E-state index is 0. The van der Waals surface area contributed by atoms with Gasteiger partial charge in [0.2, 0.25) is 0 Å². The Morgan fingerprint density at radius 3 is 2.40 bits per heavy atom. The molecular weight excluding hydrogens is 199 g/mol. The largest absolute Gasteiger partial charge is 0.250 e. The maximum absolute atomic E-state index is 3.37. The third-order valence-corrected chi connectivity index (χ3v) is 1.74. The Morgan fingerprint density at radius 2 is 2.10 bits per heavy atom. The van der Waals surface area contributed by atoms with Crippen molar-refractivity contribution in [2.24, 2.45) is 0 Å². The third-order valence-electron chi connectivity index (χ3n) is 1.74. The van der Waals surface area contributed by atoms with Crippen LogP contribution in [0.2, 0.25) is 0 Å². The van der Waals surface area contributed by atoms with E-state index in [0.29, 0.717) is 0 Å². The second-order valence-electron chi connectivity index (χ2n) is 2.37. The fraction of sp³-hybridized carbons (Fsp3) is 0.556. The molecule has 0 fully saturated rings. The molecule has 0 amide bonds. The van der Waals surface area contributed by atoms with Crippen molar-refractivity contribution >= 4 is 0 Å². The summed E-state index contributed by atoms with van der Waals surface area (Å²) in [4.78, 5) is 0. The summed E-state index contributed by atoms with van der Waals surface area (Å²) in [6.07, 6.45) is 9.11. The van der Waals surface area contributed by atoms with Gasteiger partial charge in [0.05, 0.1) is 0 Å². The van der Waals surface area contributed by atoms with Crippen molar-refractivity contribution < 1.29 is 26.2 Å². The Bertz CT molecular complexity index is 154. The fourth-order valence-corrected chi connectivity index (χ4v) is 1.04. The number of rotatable bonds is 2. The van der Waals surface area contributed by atoms with Crippen LogP contribution in [0, 0.1) is 6.08 Å². The molecular formula is C9H13Zr-. The molecule has 10 heavy (non-hydrogen) atoms. The predicted octanol–water partition coefficient (Wildman–Crippen LogP) is 2.86. The molecule has 54 valence electrons. The van der Waals surface area contributed by atoms with Gasteiger partial charge in [-0.05, 0) is 0 Å². The first-order valence-electron chi connectivity index (χ1n) is 3.67. The summed E-state index contributed by atoms with van der Waals surface area (Å²) >= 11 is 0. The summed E-state index contributed by atoms with van der Waals surface area (Å²) in [5.74, 6) is 0. The summed E-state index contributed by atoms with van der Waals surface area (Å²) < 4.78 is 0. The van der Waals surface area contributed by atoms with Gasteiger partial charge in [0.15, 0.2) is 0 Å². The molecule has 0 saturated heterocycles. The molecule has 1 rings (SSSR count). The Morgan fingerprint density at radius 1 is 1.40 bits per heavy atom. The Hall–Kier alpha value is 0.363.